The van der Waals surface area contributed by atoms with Crippen LogP contribution < -0.4 is 10.2 Å². The number of aromatic nitrogens is 2. The van der Waals surface area contributed by atoms with Crippen LogP contribution in [0.2, 0.25) is 0 Å². The predicted molar refractivity (Wildman–Crippen MR) is 101 cm³/mol. The van der Waals surface area contributed by atoms with Gasteiger partial charge in [0.25, 0.3) is 0 Å². The van der Waals surface area contributed by atoms with Gasteiger partial charge in [-0.25, -0.2) is 9.97 Å². The van der Waals surface area contributed by atoms with Gasteiger partial charge in [-0.1, -0.05) is 18.6 Å². The largest absolute Gasteiger partial charge is 0.378 e. The molecule has 2 aliphatic rings. The zero-order chi connectivity index (χ0) is 16.4. The third kappa shape index (κ3) is 3.05. The predicted octanol–water partition coefficient (Wildman–Crippen LogP) is 3.16. The SMILES string of the molecule is CSC1(CNc2nc3ccccc3nc2N2CCOCC2)CCC1. The second kappa shape index (κ2) is 6.76. The zero-order valence-corrected chi connectivity index (χ0v) is 14.9. The number of fused-ring (bicyclic) bond motifs is 1. The maximum absolute atomic E-state index is 5.49. The lowest BCUT2D eigenvalue weighted by molar-refractivity contribution is 0.122. The average molecular weight is 344 g/mol. The standard InChI is InChI=1S/C18H24N4OS/c1-24-18(7-4-8-18)13-19-16-17(22-9-11-23-12-10-22)21-15-6-3-2-5-14(15)20-16/h2-3,5-6H,4,7-13H2,1H3,(H,19,20). The van der Waals surface area contributed by atoms with E-state index in [0.717, 1.165) is 55.5 Å². The fourth-order valence-electron chi connectivity index (χ4n) is 3.37. The van der Waals surface area contributed by atoms with E-state index in [-0.39, 0.29) is 0 Å². The third-order valence-electron chi connectivity index (χ3n) is 5.14. The Hall–Kier alpha value is -1.53. The fourth-order valence-corrected chi connectivity index (χ4v) is 4.29. The number of hydrogen-bond acceptors (Lipinski definition) is 6. The zero-order valence-electron chi connectivity index (χ0n) is 14.1. The summed E-state index contributed by atoms with van der Waals surface area (Å²) in [4.78, 5) is 12.1. The van der Waals surface area contributed by atoms with Crippen LogP contribution in [0.3, 0.4) is 0 Å². The van der Waals surface area contributed by atoms with Gasteiger partial charge < -0.3 is 15.0 Å². The molecule has 0 bridgehead atoms. The summed E-state index contributed by atoms with van der Waals surface area (Å²) in [5.74, 6) is 1.88. The lowest BCUT2D eigenvalue weighted by Gasteiger charge is -2.41. The molecule has 1 N–H and O–H groups in total. The second-order valence-corrected chi connectivity index (χ2v) is 7.85. The molecule has 2 aromatic rings. The van der Waals surface area contributed by atoms with E-state index in [0.29, 0.717) is 4.75 Å². The Kier molecular flexibility index (Phi) is 4.50. The van der Waals surface area contributed by atoms with Crippen LogP contribution in [0.15, 0.2) is 24.3 Å². The Morgan fingerprint density at radius 3 is 2.50 bits per heavy atom. The van der Waals surface area contributed by atoms with E-state index in [1.54, 1.807) is 0 Å². The number of morpholine rings is 1. The normalized spacial score (nSPS) is 20.0. The Morgan fingerprint density at radius 1 is 1.17 bits per heavy atom. The molecule has 1 aliphatic carbocycles. The lowest BCUT2D eigenvalue weighted by atomic mass is 9.84. The van der Waals surface area contributed by atoms with Crippen LogP contribution in [0.25, 0.3) is 11.0 Å². The monoisotopic (exact) mass is 344 g/mol. The molecular weight excluding hydrogens is 320 g/mol. The van der Waals surface area contributed by atoms with E-state index >= 15 is 0 Å². The molecule has 1 saturated carbocycles. The summed E-state index contributed by atoms with van der Waals surface area (Å²) >= 11 is 1.98. The number of benzene rings is 1. The Bertz CT molecular complexity index is 708. The number of nitrogens with zero attached hydrogens (tertiary/aromatic N) is 3. The Morgan fingerprint density at radius 2 is 1.88 bits per heavy atom. The van der Waals surface area contributed by atoms with Crippen LogP contribution >= 0.6 is 11.8 Å². The molecular formula is C18H24N4OS. The second-order valence-electron chi connectivity index (χ2n) is 6.58. The summed E-state index contributed by atoms with van der Waals surface area (Å²) in [5.41, 5.74) is 1.90. The van der Waals surface area contributed by atoms with Crippen molar-refractivity contribution in [2.75, 3.05) is 49.3 Å². The van der Waals surface area contributed by atoms with Crippen molar-refractivity contribution in [1.29, 1.82) is 0 Å². The molecule has 24 heavy (non-hydrogen) atoms. The topological polar surface area (TPSA) is 50.3 Å². The first kappa shape index (κ1) is 16.0. The highest BCUT2D eigenvalue weighted by Crippen LogP contribution is 2.43. The summed E-state index contributed by atoms with van der Waals surface area (Å²) in [6.45, 7) is 4.20. The van der Waals surface area contributed by atoms with Crippen molar-refractivity contribution < 1.29 is 4.74 Å². The highest BCUT2D eigenvalue weighted by Gasteiger charge is 2.36. The number of hydrogen-bond donors (Lipinski definition) is 1. The number of nitrogens with one attached hydrogen (secondary N) is 1. The number of thioether (sulfide) groups is 1. The molecule has 0 radical (unpaired) electrons. The van der Waals surface area contributed by atoms with E-state index in [1.165, 1.54) is 19.3 Å². The molecule has 0 amide bonds. The maximum atomic E-state index is 5.49. The van der Waals surface area contributed by atoms with Gasteiger partial charge in [0.2, 0.25) is 0 Å². The molecule has 1 saturated heterocycles. The van der Waals surface area contributed by atoms with E-state index in [1.807, 2.05) is 36.0 Å². The molecule has 4 rings (SSSR count). The fraction of sp³-hybridized carbons (Fsp3) is 0.556. The Labute approximate surface area is 147 Å². The quantitative estimate of drug-likeness (QED) is 0.899. The van der Waals surface area contributed by atoms with Crippen molar-refractivity contribution >= 4 is 34.4 Å². The van der Waals surface area contributed by atoms with Gasteiger partial charge in [0.1, 0.15) is 0 Å². The Balaban J connectivity index is 1.65. The molecule has 1 aromatic carbocycles. The first-order valence-corrected chi connectivity index (χ1v) is 9.91. The maximum Gasteiger partial charge on any atom is 0.172 e. The minimum atomic E-state index is 0.371. The number of para-hydroxylation sites is 2. The van der Waals surface area contributed by atoms with Gasteiger partial charge in [-0.05, 0) is 31.2 Å². The van der Waals surface area contributed by atoms with Crippen LogP contribution in [0.4, 0.5) is 11.6 Å². The van der Waals surface area contributed by atoms with Crippen LogP contribution in [-0.4, -0.2) is 53.8 Å². The molecule has 6 heteroatoms. The van der Waals surface area contributed by atoms with Crippen LogP contribution in [0, 0.1) is 0 Å². The van der Waals surface area contributed by atoms with Gasteiger partial charge in [0.15, 0.2) is 11.6 Å². The summed E-state index contributed by atoms with van der Waals surface area (Å²) in [6, 6.07) is 8.10. The van der Waals surface area contributed by atoms with Crippen molar-refractivity contribution in [2.45, 2.75) is 24.0 Å². The molecule has 2 fully saturated rings. The van der Waals surface area contributed by atoms with Crippen molar-refractivity contribution in [1.82, 2.24) is 9.97 Å². The average Bonchev–Trinajstić information content (AvgIpc) is 2.61. The molecule has 128 valence electrons. The highest BCUT2D eigenvalue weighted by atomic mass is 32.2. The first-order chi connectivity index (χ1) is 11.8. The lowest BCUT2D eigenvalue weighted by Crippen LogP contribution is -2.41. The summed E-state index contributed by atoms with van der Waals surface area (Å²) in [6.07, 6.45) is 6.13. The summed E-state index contributed by atoms with van der Waals surface area (Å²) < 4.78 is 5.86. The number of anilines is 2. The molecule has 5 nitrogen and oxygen atoms in total. The number of rotatable bonds is 5. The van der Waals surface area contributed by atoms with E-state index in [9.17, 15) is 0 Å². The van der Waals surface area contributed by atoms with Gasteiger partial charge in [-0.15, -0.1) is 0 Å². The summed E-state index contributed by atoms with van der Waals surface area (Å²) in [7, 11) is 0. The van der Waals surface area contributed by atoms with E-state index in [2.05, 4.69) is 16.5 Å². The highest BCUT2D eigenvalue weighted by molar-refractivity contribution is 8.00. The number of ether oxygens (including phenoxy) is 1. The van der Waals surface area contributed by atoms with Crippen LogP contribution in [0.1, 0.15) is 19.3 Å². The van der Waals surface area contributed by atoms with E-state index < -0.39 is 0 Å². The minimum Gasteiger partial charge on any atom is -0.378 e. The minimum absolute atomic E-state index is 0.371. The third-order valence-corrected chi connectivity index (χ3v) is 6.56. The van der Waals surface area contributed by atoms with Gasteiger partial charge in [-0.3, -0.25) is 0 Å². The van der Waals surface area contributed by atoms with Gasteiger partial charge >= 0.3 is 0 Å². The van der Waals surface area contributed by atoms with Gasteiger partial charge in [0.05, 0.1) is 24.2 Å². The molecule has 2 heterocycles. The van der Waals surface area contributed by atoms with Crippen molar-refractivity contribution in [3.63, 3.8) is 0 Å². The molecule has 0 spiro atoms. The first-order valence-electron chi connectivity index (χ1n) is 8.68. The van der Waals surface area contributed by atoms with Gasteiger partial charge in [0, 0.05) is 24.4 Å². The molecule has 1 aromatic heterocycles. The smallest absolute Gasteiger partial charge is 0.172 e. The van der Waals surface area contributed by atoms with Crippen LogP contribution in [-0.2, 0) is 4.74 Å². The molecule has 1 aliphatic heterocycles. The van der Waals surface area contributed by atoms with E-state index in [4.69, 9.17) is 14.7 Å². The van der Waals surface area contributed by atoms with Crippen molar-refractivity contribution in [3.05, 3.63) is 24.3 Å². The summed E-state index contributed by atoms with van der Waals surface area (Å²) in [5, 5.41) is 3.62. The van der Waals surface area contributed by atoms with Crippen molar-refractivity contribution in [3.8, 4) is 0 Å². The van der Waals surface area contributed by atoms with Crippen molar-refractivity contribution in [2.24, 2.45) is 0 Å². The molecule has 0 atom stereocenters. The molecule has 0 unspecified atom stereocenters. The van der Waals surface area contributed by atoms with Gasteiger partial charge in [-0.2, -0.15) is 11.8 Å². The van der Waals surface area contributed by atoms with Crippen LogP contribution in [0.5, 0.6) is 0 Å².